The van der Waals surface area contributed by atoms with Crippen molar-refractivity contribution < 1.29 is 9.90 Å². The fourth-order valence-corrected chi connectivity index (χ4v) is 1.74. The van der Waals surface area contributed by atoms with E-state index in [1.54, 1.807) is 13.0 Å². The Kier molecular flexibility index (Phi) is 3.70. The molecule has 0 saturated carbocycles. The number of hydrogen-bond acceptors (Lipinski definition) is 4. The van der Waals surface area contributed by atoms with Crippen molar-refractivity contribution in [3.63, 3.8) is 0 Å². The molecule has 2 aromatic rings. The topological polar surface area (TPSA) is 80.9 Å². The van der Waals surface area contributed by atoms with Crippen LogP contribution in [-0.2, 0) is 11.3 Å². The number of nitrogens with zero attached hydrogens (tertiary/aromatic N) is 4. The van der Waals surface area contributed by atoms with Crippen molar-refractivity contribution in [1.29, 1.82) is 0 Å². The molecule has 0 fully saturated rings. The van der Waals surface area contributed by atoms with E-state index < -0.39 is 5.97 Å². The molecule has 1 heterocycles. The van der Waals surface area contributed by atoms with Crippen LogP contribution in [0.3, 0.4) is 0 Å². The van der Waals surface area contributed by atoms with Gasteiger partial charge in [0.1, 0.15) is 0 Å². The van der Waals surface area contributed by atoms with E-state index in [0.717, 1.165) is 22.8 Å². The number of carboxylic acids is 1. The highest BCUT2D eigenvalue weighted by atomic mass is 16.4. The van der Waals surface area contributed by atoms with Crippen molar-refractivity contribution >= 4 is 12.0 Å². The summed E-state index contributed by atoms with van der Waals surface area (Å²) in [6, 6.07) is 5.80. The Bertz CT molecular complexity index is 631. The second kappa shape index (κ2) is 5.43. The molecule has 2 rings (SSSR count). The predicted octanol–water partition coefficient (Wildman–Crippen LogP) is 1.44. The first-order chi connectivity index (χ1) is 9.04. The zero-order valence-corrected chi connectivity index (χ0v) is 10.7. The summed E-state index contributed by atoms with van der Waals surface area (Å²) >= 11 is 0. The van der Waals surface area contributed by atoms with E-state index in [0.29, 0.717) is 12.4 Å². The molecule has 0 radical (unpaired) electrons. The summed E-state index contributed by atoms with van der Waals surface area (Å²) < 4.78 is 0. The van der Waals surface area contributed by atoms with E-state index in [1.165, 1.54) is 4.80 Å². The van der Waals surface area contributed by atoms with E-state index in [-0.39, 0.29) is 0 Å². The van der Waals surface area contributed by atoms with Gasteiger partial charge in [-0.05, 0) is 36.3 Å². The van der Waals surface area contributed by atoms with Gasteiger partial charge in [0.2, 0.25) is 0 Å². The number of rotatable bonds is 4. The van der Waals surface area contributed by atoms with Gasteiger partial charge in [-0.2, -0.15) is 4.80 Å². The molecule has 0 unspecified atom stereocenters. The number of carboxylic acid groups (broad SMARTS) is 1. The Morgan fingerprint density at radius 3 is 2.84 bits per heavy atom. The van der Waals surface area contributed by atoms with Crippen molar-refractivity contribution in [3.8, 4) is 0 Å². The third-order valence-corrected chi connectivity index (χ3v) is 2.57. The van der Waals surface area contributed by atoms with E-state index in [9.17, 15) is 4.79 Å². The Hall–Kier alpha value is -2.50. The van der Waals surface area contributed by atoms with Gasteiger partial charge in [-0.25, -0.2) is 4.79 Å². The standard InChI is InChI=1S/C13H14N4O2/c1-9-3-4-11(5-6-13(18)19)12(7-9)8-17-15-10(2)14-16-17/h3-7H,8H2,1-2H3,(H,18,19). The van der Waals surface area contributed by atoms with Crippen LogP contribution in [0.1, 0.15) is 22.5 Å². The number of aliphatic carboxylic acids is 1. The number of tetrazole rings is 1. The van der Waals surface area contributed by atoms with Crippen LogP contribution in [0.2, 0.25) is 0 Å². The second-order valence-electron chi connectivity index (χ2n) is 4.24. The Balaban J connectivity index is 2.31. The van der Waals surface area contributed by atoms with Crippen molar-refractivity contribution in [3.05, 3.63) is 46.8 Å². The molecule has 0 spiro atoms. The Morgan fingerprint density at radius 1 is 1.42 bits per heavy atom. The first-order valence-corrected chi connectivity index (χ1v) is 5.79. The van der Waals surface area contributed by atoms with Gasteiger partial charge in [0.05, 0.1) is 6.54 Å². The van der Waals surface area contributed by atoms with E-state index in [2.05, 4.69) is 15.4 Å². The molecule has 19 heavy (non-hydrogen) atoms. The fraction of sp³-hybridized carbons (Fsp3) is 0.231. The maximum atomic E-state index is 10.6. The van der Waals surface area contributed by atoms with E-state index in [1.807, 2.05) is 25.1 Å². The Morgan fingerprint density at radius 2 is 2.21 bits per heavy atom. The average molecular weight is 258 g/mol. The normalized spacial score (nSPS) is 11.1. The van der Waals surface area contributed by atoms with Gasteiger partial charge in [0.15, 0.2) is 5.82 Å². The molecule has 0 saturated heterocycles. The minimum absolute atomic E-state index is 0.460. The SMILES string of the molecule is Cc1ccc(C=CC(=O)O)c(Cn2nnc(C)n2)c1. The highest BCUT2D eigenvalue weighted by Crippen LogP contribution is 2.14. The molecule has 98 valence electrons. The smallest absolute Gasteiger partial charge is 0.328 e. The van der Waals surface area contributed by atoms with Gasteiger partial charge in [-0.3, -0.25) is 0 Å². The molecule has 0 aliphatic carbocycles. The average Bonchev–Trinajstić information content (AvgIpc) is 2.73. The van der Waals surface area contributed by atoms with Crippen LogP contribution < -0.4 is 0 Å². The highest BCUT2D eigenvalue weighted by molar-refractivity contribution is 5.85. The molecule has 0 bridgehead atoms. The van der Waals surface area contributed by atoms with Gasteiger partial charge in [-0.1, -0.05) is 23.8 Å². The van der Waals surface area contributed by atoms with Crippen LogP contribution in [0.15, 0.2) is 24.3 Å². The molecule has 0 aliphatic rings. The second-order valence-corrected chi connectivity index (χ2v) is 4.24. The number of aromatic nitrogens is 4. The largest absolute Gasteiger partial charge is 0.478 e. The quantitative estimate of drug-likeness (QED) is 0.839. The molecular weight excluding hydrogens is 244 g/mol. The summed E-state index contributed by atoms with van der Waals surface area (Å²) in [6.07, 6.45) is 2.69. The number of aryl methyl sites for hydroxylation is 2. The molecular formula is C13H14N4O2. The van der Waals surface area contributed by atoms with E-state index in [4.69, 9.17) is 5.11 Å². The maximum Gasteiger partial charge on any atom is 0.328 e. The molecule has 0 atom stereocenters. The minimum atomic E-state index is -0.971. The molecule has 1 aromatic heterocycles. The van der Waals surface area contributed by atoms with Gasteiger partial charge in [-0.15, -0.1) is 10.2 Å². The summed E-state index contributed by atoms with van der Waals surface area (Å²) in [6.45, 7) is 4.21. The lowest BCUT2D eigenvalue weighted by molar-refractivity contribution is -0.131. The first kappa shape index (κ1) is 12.9. The lowest BCUT2D eigenvalue weighted by Gasteiger charge is -2.06. The predicted molar refractivity (Wildman–Crippen MR) is 69.5 cm³/mol. The number of benzene rings is 1. The summed E-state index contributed by atoms with van der Waals surface area (Å²) in [5.74, 6) is -0.364. The molecule has 1 N–H and O–H groups in total. The summed E-state index contributed by atoms with van der Waals surface area (Å²) in [4.78, 5) is 12.1. The summed E-state index contributed by atoms with van der Waals surface area (Å²) in [7, 11) is 0. The van der Waals surface area contributed by atoms with Crippen LogP contribution in [-0.4, -0.2) is 31.3 Å². The molecule has 6 heteroatoms. The number of hydrogen-bond donors (Lipinski definition) is 1. The van der Waals surface area contributed by atoms with Crippen LogP contribution in [0.25, 0.3) is 6.08 Å². The Labute approximate surface area is 110 Å². The van der Waals surface area contributed by atoms with Gasteiger partial charge >= 0.3 is 5.97 Å². The lowest BCUT2D eigenvalue weighted by Crippen LogP contribution is -2.06. The number of carbonyl (C=O) groups is 1. The molecule has 1 aromatic carbocycles. The monoisotopic (exact) mass is 258 g/mol. The van der Waals surface area contributed by atoms with Gasteiger partial charge < -0.3 is 5.11 Å². The van der Waals surface area contributed by atoms with Crippen molar-refractivity contribution in [1.82, 2.24) is 20.2 Å². The zero-order chi connectivity index (χ0) is 13.8. The third kappa shape index (κ3) is 3.48. The van der Waals surface area contributed by atoms with Crippen LogP contribution in [0, 0.1) is 13.8 Å². The molecule has 6 nitrogen and oxygen atoms in total. The third-order valence-electron chi connectivity index (χ3n) is 2.57. The fourth-order valence-electron chi connectivity index (χ4n) is 1.74. The van der Waals surface area contributed by atoms with Crippen LogP contribution in [0.4, 0.5) is 0 Å². The maximum absolute atomic E-state index is 10.6. The zero-order valence-electron chi connectivity index (χ0n) is 10.7. The van der Waals surface area contributed by atoms with Crippen LogP contribution >= 0.6 is 0 Å². The molecule has 0 amide bonds. The summed E-state index contributed by atoms with van der Waals surface area (Å²) in [5, 5.41) is 20.5. The van der Waals surface area contributed by atoms with Crippen molar-refractivity contribution in [2.24, 2.45) is 0 Å². The minimum Gasteiger partial charge on any atom is -0.478 e. The highest BCUT2D eigenvalue weighted by Gasteiger charge is 2.04. The summed E-state index contributed by atoms with van der Waals surface area (Å²) in [5.41, 5.74) is 2.89. The van der Waals surface area contributed by atoms with Gasteiger partial charge in [0, 0.05) is 6.08 Å². The molecule has 0 aliphatic heterocycles. The van der Waals surface area contributed by atoms with Crippen molar-refractivity contribution in [2.45, 2.75) is 20.4 Å². The van der Waals surface area contributed by atoms with E-state index >= 15 is 0 Å². The lowest BCUT2D eigenvalue weighted by atomic mass is 10.0. The van der Waals surface area contributed by atoms with Gasteiger partial charge in [0.25, 0.3) is 0 Å². The first-order valence-electron chi connectivity index (χ1n) is 5.79. The van der Waals surface area contributed by atoms with Crippen molar-refractivity contribution in [2.75, 3.05) is 0 Å². The van der Waals surface area contributed by atoms with Crippen LogP contribution in [0.5, 0.6) is 0 Å².